The summed E-state index contributed by atoms with van der Waals surface area (Å²) in [5.41, 5.74) is 1.04. The average Bonchev–Trinajstić information content (AvgIpc) is 2.48. The van der Waals surface area contributed by atoms with Crippen molar-refractivity contribution in [1.29, 1.82) is 0 Å². The first-order valence-electron chi connectivity index (χ1n) is 3.84. The van der Waals surface area contributed by atoms with E-state index >= 15 is 0 Å². The number of hydrogen-bond acceptors (Lipinski definition) is 3. The maximum Gasteiger partial charge on any atom is 0.354 e. The molecule has 0 aliphatic heterocycles. The van der Waals surface area contributed by atoms with Gasteiger partial charge in [-0.15, -0.1) is 0 Å². The van der Waals surface area contributed by atoms with Crippen LogP contribution < -0.4 is 0 Å². The van der Waals surface area contributed by atoms with Gasteiger partial charge in [-0.05, 0) is 18.6 Å². The van der Waals surface area contributed by atoms with Gasteiger partial charge >= 0.3 is 5.97 Å². The number of fused-ring (bicyclic) bond motifs is 1. The van der Waals surface area contributed by atoms with E-state index in [4.69, 9.17) is 16.7 Å². The van der Waals surface area contributed by atoms with Crippen molar-refractivity contribution in [2.24, 2.45) is 0 Å². The fraction of sp³-hybridized carbons (Fsp3) is 0.125. The van der Waals surface area contributed by atoms with Crippen LogP contribution in [0.4, 0.5) is 0 Å². The predicted octanol–water partition coefficient (Wildman–Crippen LogP) is 1.62. The number of nitrogens with one attached hydrogen (secondary N) is 1. The Kier molecular flexibility index (Phi) is 1.89. The van der Waals surface area contributed by atoms with Crippen molar-refractivity contribution in [1.82, 2.24) is 15.2 Å². The van der Waals surface area contributed by atoms with Gasteiger partial charge in [0.15, 0.2) is 11.3 Å². The monoisotopic (exact) mass is 211 g/mol. The quantitative estimate of drug-likeness (QED) is 0.751. The van der Waals surface area contributed by atoms with E-state index in [-0.39, 0.29) is 5.69 Å². The number of aromatic carboxylic acids is 1. The van der Waals surface area contributed by atoms with Gasteiger partial charge in [-0.1, -0.05) is 11.6 Å². The van der Waals surface area contributed by atoms with Crippen molar-refractivity contribution >= 4 is 28.6 Å². The lowest BCUT2D eigenvalue weighted by molar-refractivity contribution is 0.0691. The lowest BCUT2D eigenvalue weighted by Gasteiger charge is -1.97. The summed E-state index contributed by atoms with van der Waals surface area (Å²) in [5, 5.41) is 16.1. The standard InChI is InChI=1S/C8H6ClN3O2/c1-3-2-4(8(13)14)10-7-5(3)6(9)11-12-7/h2H,1H3,(H,13,14)(H,10,11,12). The first kappa shape index (κ1) is 8.96. The number of aryl methyl sites for hydroxylation is 1. The molecule has 0 saturated carbocycles. The van der Waals surface area contributed by atoms with E-state index in [0.29, 0.717) is 16.2 Å². The highest BCUT2D eigenvalue weighted by molar-refractivity contribution is 6.34. The Balaban J connectivity index is 2.80. The number of carbonyl (C=O) groups is 1. The third kappa shape index (κ3) is 1.22. The van der Waals surface area contributed by atoms with Crippen molar-refractivity contribution in [3.63, 3.8) is 0 Å². The smallest absolute Gasteiger partial charge is 0.354 e. The summed E-state index contributed by atoms with van der Waals surface area (Å²) in [7, 11) is 0. The molecule has 0 unspecified atom stereocenters. The Morgan fingerprint density at radius 2 is 2.36 bits per heavy atom. The van der Waals surface area contributed by atoms with E-state index in [1.165, 1.54) is 6.07 Å². The number of carboxylic acids is 1. The van der Waals surface area contributed by atoms with Crippen LogP contribution in [0.1, 0.15) is 16.1 Å². The third-order valence-corrected chi connectivity index (χ3v) is 2.17. The Labute approximate surface area is 83.7 Å². The van der Waals surface area contributed by atoms with Crippen molar-refractivity contribution in [3.05, 3.63) is 22.5 Å². The maximum atomic E-state index is 10.7. The molecule has 0 atom stereocenters. The molecule has 0 aliphatic carbocycles. The second-order valence-electron chi connectivity index (χ2n) is 2.87. The molecule has 2 heterocycles. The Hall–Kier alpha value is -1.62. The summed E-state index contributed by atoms with van der Waals surface area (Å²) in [6.07, 6.45) is 0. The molecule has 2 aromatic rings. The summed E-state index contributed by atoms with van der Waals surface area (Å²) in [6.45, 7) is 1.76. The highest BCUT2D eigenvalue weighted by Gasteiger charge is 2.12. The SMILES string of the molecule is Cc1cc(C(=O)O)nc2n[nH]c(Cl)c12. The summed E-state index contributed by atoms with van der Waals surface area (Å²) in [6, 6.07) is 1.46. The van der Waals surface area contributed by atoms with Gasteiger partial charge in [-0.25, -0.2) is 9.78 Å². The zero-order valence-electron chi connectivity index (χ0n) is 7.21. The topological polar surface area (TPSA) is 78.9 Å². The fourth-order valence-corrected chi connectivity index (χ4v) is 1.55. The van der Waals surface area contributed by atoms with Crippen LogP contribution in [-0.2, 0) is 0 Å². The van der Waals surface area contributed by atoms with E-state index in [9.17, 15) is 4.79 Å². The van der Waals surface area contributed by atoms with Gasteiger partial charge in [-0.3, -0.25) is 5.10 Å². The van der Waals surface area contributed by atoms with Gasteiger partial charge in [0, 0.05) is 0 Å². The molecular weight excluding hydrogens is 206 g/mol. The molecule has 0 amide bonds. The molecule has 0 bridgehead atoms. The minimum Gasteiger partial charge on any atom is -0.477 e. The van der Waals surface area contributed by atoms with Crippen LogP contribution >= 0.6 is 11.6 Å². The molecule has 72 valence electrons. The Morgan fingerprint density at radius 1 is 1.64 bits per heavy atom. The van der Waals surface area contributed by atoms with E-state index in [0.717, 1.165) is 5.56 Å². The molecule has 0 spiro atoms. The molecular formula is C8H6ClN3O2. The van der Waals surface area contributed by atoms with E-state index < -0.39 is 5.97 Å². The third-order valence-electron chi connectivity index (χ3n) is 1.90. The van der Waals surface area contributed by atoms with Crippen LogP contribution in [0.3, 0.4) is 0 Å². The van der Waals surface area contributed by atoms with E-state index in [2.05, 4.69) is 15.2 Å². The first-order valence-corrected chi connectivity index (χ1v) is 4.22. The molecule has 2 rings (SSSR count). The van der Waals surface area contributed by atoms with Gasteiger partial charge < -0.3 is 5.11 Å². The lowest BCUT2D eigenvalue weighted by Crippen LogP contribution is -2.00. The van der Waals surface area contributed by atoms with Crippen LogP contribution in [0.5, 0.6) is 0 Å². The highest BCUT2D eigenvalue weighted by Crippen LogP contribution is 2.23. The number of halogens is 1. The minimum atomic E-state index is -1.07. The van der Waals surface area contributed by atoms with Crippen molar-refractivity contribution in [3.8, 4) is 0 Å². The number of aromatic nitrogens is 3. The number of pyridine rings is 1. The van der Waals surface area contributed by atoms with Crippen LogP contribution in [0.15, 0.2) is 6.07 Å². The number of aromatic amines is 1. The lowest BCUT2D eigenvalue weighted by atomic mass is 10.2. The fourth-order valence-electron chi connectivity index (χ4n) is 1.28. The Bertz CT molecular complexity index is 521. The molecule has 0 aromatic carbocycles. The van der Waals surface area contributed by atoms with Gasteiger partial charge in [-0.2, -0.15) is 5.10 Å². The van der Waals surface area contributed by atoms with Crippen LogP contribution in [0.25, 0.3) is 11.0 Å². The minimum absolute atomic E-state index is 0.0295. The second kappa shape index (κ2) is 2.95. The number of nitrogens with zero attached hydrogens (tertiary/aromatic N) is 2. The van der Waals surface area contributed by atoms with Crippen LogP contribution in [-0.4, -0.2) is 26.3 Å². The Morgan fingerprint density at radius 3 is 3.00 bits per heavy atom. The van der Waals surface area contributed by atoms with Crippen molar-refractivity contribution in [2.45, 2.75) is 6.92 Å². The molecule has 0 aliphatic rings. The molecule has 0 saturated heterocycles. The van der Waals surface area contributed by atoms with Gasteiger partial charge in [0.05, 0.1) is 5.39 Å². The molecule has 2 aromatic heterocycles. The summed E-state index contributed by atoms with van der Waals surface area (Å²) in [4.78, 5) is 14.5. The zero-order valence-corrected chi connectivity index (χ0v) is 7.96. The number of rotatable bonds is 1. The maximum absolute atomic E-state index is 10.7. The van der Waals surface area contributed by atoms with Crippen molar-refractivity contribution in [2.75, 3.05) is 0 Å². The van der Waals surface area contributed by atoms with Gasteiger partial charge in [0.25, 0.3) is 0 Å². The first-order chi connectivity index (χ1) is 6.59. The number of hydrogen-bond donors (Lipinski definition) is 2. The second-order valence-corrected chi connectivity index (χ2v) is 3.24. The van der Waals surface area contributed by atoms with E-state index in [1.54, 1.807) is 6.92 Å². The van der Waals surface area contributed by atoms with Gasteiger partial charge in [0.1, 0.15) is 5.15 Å². The molecule has 5 nitrogen and oxygen atoms in total. The predicted molar refractivity (Wildman–Crippen MR) is 50.6 cm³/mol. The van der Waals surface area contributed by atoms with Gasteiger partial charge in [0.2, 0.25) is 0 Å². The summed E-state index contributed by atoms with van der Waals surface area (Å²) < 4.78 is 0. The molecule has 6 heteroatoms. The largest absolute Gasteiger partial charge is 0.477 e. The number of H-pyrrole nitrogens is 1. The van der Waals surface area contributed by atoms with Crippen LogP contribution in [0, 0.1) is 6.92 Å². The average molecular weight is 212 g/mol. The summed E-state index contributed by atoms with van der Waals surface area (Å²) >= 11 is 5.80. The highest BCUT2D eigenvalue weighted by atomic mass is 35.5. The van der Waals surface area contributed by atoms with Crippen LogP contribution in [0.2, 0.25) is 5.15 Å². The zero-order chi connectivity index (χ0) is 10.3. The summed E-state index contributed by atoms with van der Waals surface area (Å²) in [5.74, 6) is -1.07. The van der Waals surface area contributed by atoms with Crippen molar-refractivity contribution < 1.29 is 9.90 Å². The van der Waals surface area contributed by atoms with E-state index in [1.807, 2.05) is 0 Å². The molecule has 14 heavy (non-hydrogen) atoms. The molecule has 0 radical (unpaired) electrons. The molecule has 0 fully saturated rings. The number of carboxylic acid groups (broad SMARTS) is 1. The normalized spacial score (nSPS) is 10.7. The molecule has 2 N–H and O–H groups in total.